The Labute approximate surface area is 140 Å². The van der Waals surface area contributed by atoms with Gasteiger partial charge >= 0.3 is 0 Å². The van der Waals surface area contributed by atoms with E-state index in [1.165, 1.54) is 6.08 Å². The molecule has 5 heteroatoms. The fourth-order valence-corrected chi connectivity index (χ4v) is 2.06. The largest absolute Gasteiger partial charge is 0.490 e. The second kappa shape index (κ2) is 8.39. The molecule has 0 atom stereocenters. The molecular formula is C19H18N2O3. The summed E-state index contributed by atoms with van der Waals surface area (Å²) >= 11 is 0. The van der Waals surface area contributed by atoms with Gasteiger partial charge in [-0.15, -0.1) is 0 Å². The lowest BCUT2D eigenvalue weighted by Gasteiger charge is -2.11. The third-order valence-corrected chi connectivity index (χ3v) is 3.20. The van der Waals surface area contributed by atoms with Gasteiger partial charge in [-0.05, 0) is 36.8 Å². The number of hydrogen-bond donors (Lipinski definition) is 1. The van der Waals surface area contributed by atoms with Crippen LogP contribution in [0, 0.1) is 18.3 Å². The topological polar surface area (TPSA) is 85.3 Å². The molecule has 24 heavy (non-hydrogen) atoms. The molecule has 2 aromatic rings. The van der Waals surface area contributed by atoms with Gasteiger partial charge in [0.15, 0.2) is 0 Å². The van der Waals surface area contributed by atoms with E-state index >= 15 is 0 Å². The highest BCUT2D eigenvalue weighted by Gasteiger charge is 2.07. The van der Waals surface area contributed by atoms with Crippen LogP contribution in [0.25, 0.3) is 6.08 Å². The number of primary amides is 1. The van der Waals surface area contributed by atoms with Crippen molar-refractivity contribution in [2.45, 2.75) is 6.92 Å². The molecule has 0 aliphatic heterocycles. The molecule has 0 heterocycles. The van der Waals surface area contributed by atoms with E-state index in [2.05, 4.69) is 0 Å². The van der Waals surface area contributed by atoms with Crippen molar-refractivity contribution in [2.24, 2.45) is 5.73 Å². The Kier molecular flexibility index (Phi) is 5.98. The predicted octanol–water partition coefficient (Wildman–Crippen LogP) is 2.85. The Morgan fingerprint density at radius 3 is 2.62 bits per heavy atom. The molecule has 122 valence electrons. The van der Waals surface area contributed by atoms with E-state index in [0.717, 1.165) is 11.3 Å². The molecule has 0 aliphatic carbocycles. The number of aryl methyl sites for hydroxylation is 1. The summed E-state index contributed by atoms with van der Waals surface area (Å²) in [7, 11) is 0. The maximum absolute atomic E-state index is 11.2. The van der Waals surface area contributed by atoms with Gasteiger partial charge in [-0.25, -0.2) is 0 Å². The summed E-state index contributed by atoms with van der Waals surface area (Å²) in [6, 6.07) is 16.6. The first-order valence-electron chi connectivity index (χ1n) is 7.43. The summed E-state index contributed by atoms with van der Waals surface area (Å²) in [6.45, 7) is 2.71. The van der Waals surface area contributed by atoms with Crippen molar-refractivity contribution in [2.75, 3.05) is 13.2 Å². The third-order valence-electron chi connectivity index (χ3n) is 3.20. The first-order chi connectivity index (χ1) is 11.6. The van der Waals surface area contributed by atoms with Crippen molar-refractivity contribution >= 4 is 12.0 Å². The lowest BCUT2D eigenvalue weighted by molar-refractivity contribution is -0.114. The lowest BCUT2D eigenvalue weighted by Crippen LogP contribution is -2.13. The number of para-hydroxylation sites is 1. The quantitative estimate of drug-likeness (QED) is 0.482. The van der Waals surface area contributed by atoms with Gasteiger partial charge < -0.3 is 15.2 Å². The number of rotatable bonds is 7. The number of carbonyl (C=O) groups excluding carboxylic acids is 1. The third kappa shape index (κ3) is 4.89. The fourth-order valence-electron chi connectivity index (χ4n) is 2.06. The molecule has 2 aromatic carbocycles. The van der Waals surface area contributed by atoms with Crippen LogP contribution in [0.3, 0.4) is 0 Å². The van der Waals surface area contributed by atoms with Gasteiger partial charge in [0.05, 0.1) is 0 Å². The molecule has 0 aliphatic rings. The molecule has 0 saturated heterocycles. The van der Waals surface area contributed by atoms with Crippen molar-refractivity contribution in [3.05, 3.63) is 65.2 Å². The van der Waals surface area contributed by atoms with E-state index in [1.54, 1.807) is 24.3 Å². The normalized spacial score (nSPS) is 10.8. The van der Waals surface area contributed by atoms with Crippen LogP contribution in [0.4, 0.5) is 0 Å². The van der Waals surface area contributed by atoms with Gasteiger partial charge in [0, 0.05) is 5.56 Å². The Balaban J connectivity index is 1.98. The SMILES string of the molecule is Cc1cccc(OCCOc2ccccc2/C=C(/C#N)C(N)=O)c1. The highest BCUT2D eigenvalue weighted by Crippen LogP contribution is 2.21. The van der Waals surface area contributed by atoms with Crippen molar-refractivity contribution in [3.8, 4) is 17.6 Å². The highest BCUT2D eigenvalue weighted by atomic mass is 16.5. The second-order valence-corrected chi connectivity index (χ2v) is 5.09. The van der Waals surface area contributed by atoms with Crippen LogP contribution < -0.4 is 15.2 Å². The summed E-state index contributed by atoms with van der Waals surface area (Å²) in [4.78, 5) is 11.2. The number of benzene rings is 2. The number of nitriles is 1. The highest BCUT2D eigenvalue weighted by molar-refractivity contribution is 6.00. The number of carbonyl (C=O) groups is 1. The van der Waals surface area contributed by atoms with Crippen LogP contribution in [0.2, 0.25) is 0 Å². The van der Waals surface area contributed by atoms with E-state index in [9.17, 15) is 4.79 Å². The molecule has 0 aromatic heterocycles. The molecule has 0 bridgehead atoms. The molecule has 0 radical (unpaired) electrons. The standard InChI is InChI=1S/C19H18N2O3/c1-14-5-4-7-17(11-14)23-9-10-24-18-8-3-2-6-15(18)12-16(13-20)19(21)22/h2-8,11-12H,9-10H2,1H3,(H2,21,22)/b16-12-. The number of amides is 1. The molecule has 0 saturated carbocycles. The van der Waals surface area contributed by atoms with Crippen LogP contribution in [0.5, 0.6) is 11.5 Å². The van der Waals surface area contributed by atoms with Gasteiger partial charge in [0.25, 0.3) is 5.91 Å². The average Bonchev–Trinajstić information content (AvgIpc) is 2.57. The van der Waals surface area contributed by atoms with Crippen LogP contribution >= 0.6 is 0 Å². The molecule has 0 spiro atoms. The minimum Gasteiger partial charge on any atom is -0.490 e. The van der Waals surface area contributed by atoms with E-state index in [1.807, 2.05) is 37.3 Å². The first kappa shape index (κ1) is 17.1. The second-order valence-electron chi connectivity index (χ2n) is 5.09. The zero-order valence-corrected chi connectivity index (χ0v) is 13.4. The van der Waals surface area contributed by atoms with Gasteiger partial charge in [0.1, 0.15) is 36.4 Å². The maximum Gasteiger partial charge on any atom is 0.259 e. The smallest absolute Gasteiger partial charge is 0.259 e. The predicted molar refractivity (Wildman–Crippen MR) is 91.4 cm³/mol. The molecule has 1 amide bonds. The number of hydrogen-bond acceptors (Lipinski definition) is 4. The summed E-state index contributed by atoms with van der Waals surface area (Å²) in [6.07, 6.45) is 1.42. The van der Waals surface area contributed by atoms with Crippen LogP contribution in [0.15, 0.2) is 54.1 Å². The Morgan fingerprint density at radius 2 is 1.92 bits per heavy atom. The van der Waals surface area contributed by atoms with Gasteiger partial charge in [-0.1, -0.05) is 30.3 Å². The Bertz CT molecular complexity index is 791. The number of ether oxygens (including phenoxy) is 2. The fraction of sp³-hybridized carbons (Fsp3) is 0.158. The minimum atomic E-state index is -0.768. The molecule has 0 unspecified atom stereocenters. The first-order valence-corrected chi connectivity index (χ1v) is 7.43. The number of nitrogens with two attached hydrogens (primary N) is 1. The summed E-state index contributed by atoms with van der Waals surface area (Å²) in [5.41, 5.74) is 6.77. The zero-order valence-electron chi connectivity index (χ0n) is 13.4. The molecule has 2 rings (SSSR count). The number of nitrogens with zero attached hydrogens (tertiary/aromatic N) is 1. The Morgan fingerprint density at radius 1 is 1.17 bits per heavy atom. The van der Waals surface area contributed by atoms with Crippen molar-refractivity contribution in [1.82, 2.24) is 0 Å². The van der Waals surface area contributed by atoms with Crippen molar-refractivity contribution < 1.29 is 14.3 Å². The molecule has 0 fully saturated rings. The maximum atomic E-state index is 11.2. The van der Waals surface area contributed by atoms with Gasteiger partial charge in [0.2, 0.25) is 0 Å². The molecule has 5 nitrogen and oxygen atoms in total. The molecular weight excluding hydrogens is 304 g/mol. The van der Waals surface area contributed by atoms with E-state index in [0.29, 0.717) is 24.5 Å². The van der Waals surface area contributed by atoms with E-state index < -0.39 is 5.91 Å². The lowest BCUT2D eigenvalue weighted by atomic mass is 10.1. The minimum absolute atomic E-state index is 0.123. The van der Waals surface area contributed by atoms with Crippen molar-refractivity contribution in [1.29, 1.82) is 5.26 Å². The van der Waals surface area contributed by atoms with Crippen LogP contribution in [-0.4, -0.2) is 19.1 Å². The Hall–Kier alpha value is -3.26. The van der Waals surface area contributed by atoms with Gasteiger partial charge in [-0.3, -0.25) is 4.79 Å². The van der Waals surface area contributed by atoms with E-state index in [4.69, 9.17) is 20.5 Å². The zero-order chi connectivity index (χ0) is 17.4. The van der Waals surface area contributed by atoms with Gasteiger partial charge in [-0.2, -0.15) is 5.26 Å². The summed E-state index contributed by atoms with van der Waals surface area (Å²) in [5.74, 6) is 0.571. The summed E-state index contributed by atoms with van der Waals surface area (Å²) in [5, 5.41) is 8.93. The van der Waals surface area contributed by atoms with Crippen molar-refractivity contribution in [3.63, 3.8) is 0 Å². The van der Waals surface area contributed by atoms with E-state index in [-0.39, 0.29) is 5.57 Å². The van der Waals surface area contributed by atoms with Crippen LogP contribution in [-0.2, 0) is 4.79 Å². The molecule has 2 N–H and O–H groups in total. The average molecular weight is 322 g/mol. The van der Waals surface area contributed by atoms with Crippen LogP contribution in [0.1, 0.15) is 11.1 Å². The summed E-state index contributed by atoms with van der Waals surface area (Å²) < 4.78 is 11.3. The monoisotopic (exact) mass is 322 g/mol.